The molecule has 5 nitrogen and oxygen atoms in total. The van der Waals surface area contributed by atoms with Gasteiger partial charge in [0.25, 0.3) is 0 Å². The summed E-state index contributed by atoms with van der Waals surface area (Å²) in [6.07, 6.45) is 3.06. The molecule has 6 heteroatoms. The number of likely N-dealkylation sites (tertiary alicyclic amines) is 1. The van der Waals surface area contributed by atoms with Crippen molar-refractivity contribution in [2.45, 2.75) is 31.1 Å². The number of esters is 1. The van der Waals surface area contributed by atoms with Gasteiger partial charge in [-0.25, -0.2) is 0 Å². The van der Waals surface area contributed by atoms with Crippen molar-refractivity contribution in [3.8, 4) is 0 Å². The summed E-state index contributed by atoms with van der Waals surface area (Å²) in [7, 11) is 1.92. The minimum atomic E-state index is -0.508. The third-order valence-electron chi connectivity index (χ3n) is 7.17. The van der Waals surface area contributed by atoms with Crippen LogP contribution in [0.2, 0.25) is 0 Å². The third-order valence-corrected chi connectivity index (χ3v) is 8.33. The number of carbonyl (C=O) groups is 2. The van der Waals surface area contributed by atoms with Crippen molar-refractivity contribution < 1.29 is 14.3 Å². The summed E-state index contributed by atoms with van der Waals surface area (Å²) in [5.41, 5.74) is 4.33. The van der Waals surface area contributed by atoms with Gasteiger partial charge in [-0.1, -0.05) is 109 Å². The molecule has 3 aromatic carbocycles. The lowest BCUT2D eigenvalue weighted by Crippen LogP contribution is -2.52. The summed E-state index contributed by atoms with van der Waals surface area (Å²) in [6.45, 7) is 6.21. The first-order chi connectivity index (χ1) is 18.9. The normalized spacial score (nSPS) is 17.3. The maximum absolute atomic E-state index is 12.2. The summed E-state index contributed by atoms with van der Waals surface area (Å²) in [6, 6.07) is 32.1. The molecule has 4 rings (SSSR count). The van der Waals surface area contributed by atoms with Gasteiger partial charge in [0, 0.05) is 31.8 Å². The molecule has 1 atom stereocenters. The fraction of sp³-hybridized carbons (Fsp3) is 0.333. The molecular weight excluding hydrogens is 504 g/mol. The first-order valence-corrected chi connectivity index (χ1v) is 14.4. The van der Waals surface area contributed by atoms with Gasteiger partial charge in [0.05, 0.1) is 18.7 Å². The van der Waals surface area contributed by atoms with E-state index >= 15 is 0 Å². The molecule has 39 heavy (non-hydrogen) atoms. The van der Waals surface area contributed by atoms with Crippen LogP contribution < -0.4 is 0 Å². The van der Waals surface area contributed by atoms with E-state index in [1.165, 1.54) is 34.0 Å². The zero-order valence-electron chi connectivity index (χ0n) is 23.1. The van der Waals surface area contributed by atoms with E-state index < -0.39 is 5.54 Å². The fourth-order valence-electron chi connectivity index (χ4n) is 5.53. The Labute approximate surface area is 236 Å². The number of carbonyl (C=O) groups excluding carboxylic acids is 2. The molecule has 1 saturated heterocycles. The first kappa shape index (κ1) is 28.8. The van der Waals surface area contributed by atoms with Crippen LogP contribution in [0.25, 0.3) is 0 Å². The highest BCUT2D eigenvalue weighted by molar-refractivity contribution is 8.14. The van der Waals surface area contributed by atoms with Crippen LogP contribution in [-0.4, -0.2) is 66.0 Å². The average molecular weight is 543 g/mol. The van der Waals surface area contributed by atoms with Gasteiger partial charge < -0.3 is 4.74 Å². The van der Waals surface area contributed by atoms with Crippen LogP contribution in [0.5, 0.6) is 0 Å². The number of ether oxygens (including phenoxy) is 1. The third kappa shape index (κ3) is 6.88. The molecule has 0 aromatic heterocycles. The monoisotopic (exact) mass is 542 g/mol. The highest BCUT2D eigenvalue weighted by Gasteiger charge is 2.44. The zero-order valence-corrected chi connectivity index (χ0v) is 23.9. The fourth-order valence-corrected chi connectivity index (χ4v) is 6.47. The van der Waals surface area contributed by atoms with Crippen LogP contribution in [0.15, 0.2) is 103 Å². The van der Waals surface area contributed by atoms with E-state index in [0.717, 1.165) is 13.0 Å². The highest BCUT2D eigenvalue weighted by Crippen LogP contribution is 2.45. The quantitative estimate of drug-likeness (QED) is 0.185. The van der Waals surface area contributed by atoms with Gasteiger partial charge in [0.15, 0.2) is 5.12 Å². The lowest BCUT2D eigenvalue weighted by Gasteiger charge is -2.49. The molecule has 0 N–H and O–H groups in total. The van der Waals surface area contributed by atoms with E-state index in [0.29, 0.717) is 19.7 Å². The number of likely N-dealkylation sites (N-methyl/N-ethyl adjacent to an activating group) is 1. The maximum Gasteiger partial charge on any atom is 0.320 e. The second-order valence-electron chi connectivity index (χ2n) is 9.90. The summed E-state index contributed by atoms with van der Waals surface area (Å²) in [4.78, 5) is 28.7. The Morgan fingerprint density at radius 2 is 1.46 bits per heavy atom. The van der Waals surface area contributed by atoms with Crippen LogP contribution in [0.1, 0.15) is 37.0 Å². The van der Waals surface area contributed by atoms with Crippen molar-refractivity contribution in [2.24, 2.45) is 0 Å². The Morgan fingerprint density at radius 3 is 1.92 bits per heavy atom. The van der Waals surface area contributed by atoms with E-state index in [1.807, 2.05) is 18.9 Å². The Morgan fingerprint density at radius 1 is 0.949 bits per heavy atom. The van der Waals surface area contributed by atoms with Crippen molar-refractivity contribution >= 4 is 22.8 Å². The Kier molecular flexibility index (Phi) is 10.2. The Balaban J connectivity index is 1.78. The summed E-state index contributed by atoms with van der Waals surface area (Å²) in [5.74, 6) is -0.227. The molecule has 0 bridgehead atoms. The van der Waals surface area contributed by atoms with Gasteiger partial charge in [-0.15, -0.1) is 0 Å². The molecule has 3 aromatic rings. The van der Waals surface area contributed by atoms with E-state index in [9.17, 15) is 9.59 Å². The van der Waals surface area contributed by atoms with E-state index in [2.05, 4.69) is 102 Å². The number of rotatable bonds is 10. The van der Waals surface area contributed by atoms with Gasteiger partial charge >= 0.3 is 5.97 Å². The van der Waals surface area contributed by atoms with Gasteiger partial charge in [0.1, 0.15) is 0 Å². The first-order valence-electron chi connectivity index (χ1n) is 13.6. The molecular formula is C33H38N2O3S. The maximum atomic E-state index is 12.2. The van der Waals surface area contributed by atoms with Crippen LogP contribution in [0.3, 0.4) is 0 Å². The lowest BCUT2D eigenvalue weighted by molar-refractivity contribution is -0.143. The number of nitrogens with zero attached hydrogens (tertiary/aromatic N) is 2. The van der Waals surface area contributed by atoms with Gasteiger partial charge in [-0.2, -0.15) is 0 Å². The van der Waals surface area contributed by atoms with Crippen molar-refractivity contribution in [2.75, 3.05) is 39.8 Å². The van der Waals surface area contributed by atoms with E-state index in [-0.39, 0.29) is 22.9 Å². The second kappa shape index (κ2) is 13.7. The summed E-state index contributed by atoms with van der Waals surface area (Å²) >= 11 is 1.41. The molecule has 0 aliphatic carbocycles. The molecule has 0 spiro atoms. The summed E-state index contributed by atoms with van der Waals surface area (Å²) in [5, 5.41) is 0.231. The number of piperidine rings is 1. The number of thioether (sulfide) groups is 1. The Hall–Kier alpha value is -3.19. The summed E-state index contributed by atoms with van der Waals surface area (Å²) < 4.78 is 5.13. The van der Waals surface area contributed by atoms with Gasteiger partial charge in [0.2, 0.25) is 0 Å². The molecule has 1 heterocycles. The number of benzene rings is 3. The zero-order chi connectivity index (χ0) is 27.7. The minimum Gasteiger partial charge on any atom is -0.465 e. The molecule has 1 unspecified atom stereocenters. The molecule has 1 aliphatic heterocycles. The predicted molar refractivity (Wildman–Crippen MR) is 160 cm³/mol. The van der Waals surface area contributed by atoms with Gasteiger partial charge in [-0.05, 0) is 42.7 Å². The average Bonchev–Trinajstić information content (AvgIpc) is 2.95. The topological polar surface area (TPSA) is 49.9 Å². The van der Waals surface area contributed by atoms with Gasteiger partial charge in [-0.3, -0.25) is 19.4 Å². The highest BCUT2D eigenvalue weighted by atomic mass is 32.2. The molecule has 0 saturated carbocycles. The van der Waals surface area contributed by atoms with Crippen LogP contribution >= 0.6 is 11.8 Å². The number of hydrogen-bond acceptors (Lipinski definition) is 6. The van der Waals surface area contributed by atoms with E-state index in [1.54, 1.807) is 6.92 Å². The minimum absolute atomic E-state index is 0.106. The van der Waals surface area contributed by atoms with Crippen LogP contribution in [0, 0.1) is 0 Å². The van der Waals surface area contributed by atoms with E-state index in [4.69, 9.17) is 4.74 Å². The van der Waals surface area contributed by atoms with Crippen molar-refractivity contribution in [3.05, 3.63) is 119 Å². The Bertz CT molecular complexity index is 1150. The number of hydrogen-bond donors (Lipinski definition) is 0. The smallest absolute Gasteiger partial charge is 0.320 e. The molecule has 1 aliphatic rings. The van der Waals surface area contributed by atoms with Crippen LogP contribution in [-0.2, 0) is 19.9 Å². The van der Waals surface area contributed by atoms with Crippen molar-refractivity contribution in [3.63, 3.8) is 0 Å². The largest absolute Gasteiger partial charge is 0.465 e. The second-order valence-corrected chi connectivity index (χ2v) is 11.3. The predicted octanol–water partition coefficient (Wildman–Crippen LogP) is 5.75. The molecule has 1 fully saturated rings. The molecule has 204 valence electrons. The molecule has 0 radical (unpaired) electrons. The van der Waals surface area contributed by atoms with Crippen molar-refractivity contribution in [1.29, 1.82) is 0 Å². The SMILES string of the molecule is CCOC(=O)CN(C)CC=C1CN(C(c2ccccc2)(c2ccccc2)c2ccccc2)CCC1SC(C)=O. The van der Waals surface area contributed by atoms with Crippen LogP contribution in [0.4, 0.5) is 0 Å². The molecule has 0 amide bonds. The standard InChI is InChI=1S/C33H38N2O3S/c1-4-38-32(37)25-34(3)22-20-27-24-35(23-21-31(27)39-26(2)36)33(28-14-8-5-9-15-28,29-16-10-6-11-17-29)30-18-12-7-13-19-30/h5-20,31H,4,21-25H2,1-3H3. The van der Waals surface area contributed by atoms with Crippen molar-refractivity contribution in [1.82, 2.24) is 9.80 Å². The lowest BCUT2D eigenvalue weighted by atomic mass is 9.74.